The number of quaternary nitrogens is 1. The number of aliphatic hydroxyl groups excluding tert-OH is 1. The number of hydrogen-bond acceptors (Lipinski definition) is 2. The second-order valence-corrected chi connectivity index (χ2v) is 8.50. The minimum atomic E-state index is -0.469. The number of halogens is 1. The minimum Gasteiger partial charge on any atom is -0.491 e. The predicted molar refractivity (Wildman–Crippen MR) is 90.6 cm³/mol. The Morgan fingerprint density at radius 2 is 1.90 bits per heavy atom. The van der Waals surface area contributed by atoms with Crippen LogP contribution in [0.2, 0.25) is 0 Å². The number of benzene rings is 1. The molecule has 0 aliphatic carbocycles. The zero-order valence-corrected chi connectivity index (χ0v) is 15.4. The van der Waals surface area contributed by atoms with Crippen LogP contribution in [-0.4, -0.2) is 29.9 Å². The van der Waals surface area contributed by atoms with Crippen LogP contribution in [0.15, 0.2) is 28.7 Å². The molecule has 0 amide bonds. The van der Waals surface area contributed by atoms with E-state index in [1.54, 1.807) is 0 Å². The Morgan fingerprint density at radius 3 is 2.48 bits per heavy atom. The molecule has 0 heterocycles. The topological polar surface area (TPSA) is 46.1 Å². The van der Waals surface area contributed by atoms with E-state index in [1.807, 2.05) is 24.3 Å². The smallest absolute Gasteiger partial charge is 0.137 e. The summed E-state index contributed by atoms with van der Waals surface area (Å²) >= 11 is 3.41. The zero-order valence-electron chi connectivity index (χ0n) is 13.8. The van der Waals surface area contributed by atoms with Crippen LogP contribution in [0.5, 0.6) is 5.75 Å². The Morgan fingerprint density at radius 1 is 1.24 bits per heavy atom. The third kappa shape index (κ3) is 8.44. The van der Waals surface area contributed by atoms with Crippen LogP contribution in [0.25, 0.3) is 0 Å². The molecule has 0 aliphatic heterocycles. The van der Waals surface area contributed by atoms with E-state index in [2.05, 4.69) is 55.9 Å². The minimum absolute atomic E-state index is 0.120. The first-order valence-electron chi connectivity index (χ1n) is 7.48. The Labute approximate surface area is 137 Å². The maximum atomic E-state index is 10.1. The molecule has 1 atom stereocenters. The van der Waals surface area contributed by atoms with Crippen molar-refractivity contribution in [2.45, 2.75) is 52.7 Å². The van der Waals surface area contributed by atoms with Crippen molar-refractivity contribution in [1.82, 2.24) is 0 Å². The summed E-state index contributed by atoms with van der Waals surface area (Å²) in [6, 6.07) is 7.67. The van der Waals surface area contributed by atoms with Gasteiger partial charge in [-0.15, -0.1) is 0 Å². The monoisotopic (exact) mass is 358 g/mol. The molecule has 1 aromatic rings. The first-order chi connectivity index (χ1) is 9.57. The van der Waals surface area contributed by atoms with Gasteiger partial charge in [0, 0.05) is 10.9 Å². The third-order valence-corrected chi connectivity index (χ3v) is 3.66. The second kappa shape index (κ2) is 7.61. The van der Waals surface area contributed by atoms with Crippen LogP contribution < -0.4 is 10.1 Å². The molecule has 1 aromatic carbocycles. The van der Waals surface area contributed by atoms with E-state index in [0.29, 0.717) is 13.2 Å². The normalized spacial score (nSPS) is 14.0. The van der Waals surface area contributed by atoms with Gasteiger partial charge >= 0.3 is 0 Å². The van der Waals surface area contributed by atoms with Crippen molar-refractivity contribution in [3.05, 3.63) is 28.7 Å². The average Bonchev–Trinajstić information content (AvgIpc) is 2.31. The van der Waals surface area contributed by atoms with Gasteiger partial charge in [0.2, 0.25) is 0 Å². The highest BCUT2D eigenvalue weighted by Crippen LogP contribution is 2.24. The molecule has 21 heavy (non-hydrogen) atoms. The second-order valence-electron chi connectivity index (χ2n) is 7.59. The van der Waals surface area contributed by atoms with E-state index in [-0.39, 0.29) is 11.0 Å². The molecule has 0 aromatic heterocycles. The molecule has 0 spiro atoms. The average molecular weight is 359 g/mol. The van der Waals surface area contributed by atoms with Crippen molar-refractivity contribution in [1.29, 1.82) is 0 Å². The summed E-state index contributed by atoms with van der Waals surface area (Å²) in [7, 11) is 0. The van der Waals surface area contributed by atoms with Crippen LogP contribution in [0, 0.1) is 5.41 Å². The Balaban J connectivity index is 2.35. The van der Waals surface area contributed by atoms with Crippen LogP contribution in [-0.2, 0) is 0 Å². The molecule has 0 saturated heterocycles. The van der Waals surface area contributed by atoms with Gasteiger partial charge in [-0.25, -0.2) is 0 Å². The fourth-order valence-corrected chi connectivity index (χ4v) is 3.09. The van der Waals surface area contributed by atoms with E-state index >= 15 is 0 Å². The van der Waals surface area contributed by atoms with Crippen molar-refractivity contribution in [3.8, 4) is 5.75 Å². The molecule has 4 heteroatoms. The number of nitrogens with two attached hydrogens (primary N) is 1. The molecule has 0 saturated carbocycles. The van der Waals surface area contributed by atoms with E-state index < -0.39 is 6.10 Å². The van der Waals surface area contributed by atoms with Gasteiger partial charge in [0.25, 0.3) is 0 Å². The number of ether oxygens (including phenoxy) is 1. The summed E-state index contributed by atoms with van der Waals surface area (Å²) in [5, 5.41) is 12.3. The number of aliphatic hydroxyl groups is 1. The largest absolute Gasteiger partial charge is 0.491 e. The Kier molecular flexibility index (Phi) is 6.70. The third-order valence-electron chi connectivity index (χ3n) is 3.17. The first-order valence-corrected chi connectivity index (χ1v) is 8.27. The Hall–Kier alpha value is -0.580. The summed E-state index contributed by atoms with van der Waals surface area (Å²) in [6.45, 7) is 12.1. The number of rotatable bonds is 7. The summed E-state index contributed by atoms with van der Waals surface area (Å²) in [5.74, 6) is 0.775. The number of hydrogen-bond donors (Lipinski definition) is 2. The standard InChI is InChI=1S/C17H28BrNO2/c1-16(2,3)12-17(4,5)19-10-14(20)11-21-15-8-6-7-13(18)9-15/h6-9,14,19-20H,10-12H2,1-5H3/p+1/t14-/m1/s1. The van der Waals surface area contributed by atoms with Crippen molar-refractivity contribution in [2.75, 3.05) is 13.2 Å². The maximum Gasteiger partial charge on any atom is 0.137 e. The van der Waals surface area contributed by atoms with Crippen molar-refractivity contribution < 1.29 is 15.2 Å². The molecular formula is C17H29BrNO2+. The van der Waals surface area contributed by atoms with Crippen molar-refractivity contribution in [3.63, 3.8) is 0 Å². The lowest BCUT2D eigenvalue weighted by Crippen LogP contribution is -2.97. The van der Waals surface area contributed by atoms with E-state index in [1.165, 1.54) is 0 Å². The summed E-state index contributed by atoms with van der Waals surface area (Å²) < 4.78 is 6.59. The van der Waals surface area contributed by atoms with Gasteiger partial charge in [0.05, 0.1) is 5.54 Å². The van der Waals surface area contributed by atoms with Gasteiger partial charge in [-0.2, -0.15) is 0 Å². The SMILES string of the molecule is CC(C)(C)CC(C)(C)[NH2+]C[C@@H](O)COc1cccc(Br)c1. The molecule has 0 aliphatic rings. The Bertz CT molecular complexity index is 441. The van der Waals surface area contributed by atoms with Gasteiger partial charge in [-0.1, -0.05) is 42.8 Å². The van der Waals surface area contributed by atoms with Gasteiger partial charge in [0.15, 0.2) is 0 Å². The van der Waals surface area contributed by atoms with Gasteiger partial charge in [-0.05, 0) is 37.5 Å². The summed E-state index contributed by atoms with van der Waals surface area (Å²) in [6.07, 6.45) is 0.627. The molecule has 120 valence electrons. The summed E-state index contributed by atoms with van der Waals surface area (Å²) in [5.41, 5.74) is 0.409. The van der Waals surface area contributed by atoms with Crippen LogP contribution in [0.3, 0.4) is 0 Å². The molecule has 3 nitrogen and oxygen atoms in total. The molecular weight excluding hydrogens is 330 g/mol. The van der Waals surface area contributed by atoms with Crippen molar-refractivity contribution >= 4 is 15.9 Å². The first kappa shape index (κ1) is 18.5. The molecule has 1 rings (SSSR count). The quantitative estimate of drug-likeness (QED) is 0.786. The van der Waals surface area contributed by atoms with Crippen LogP contribution in [0.1, 0.15) is 41.0 Å². The highest BCUT2D eigenvalue weighted by atomic mass is 79.9. The van der Waals surface area contributed by atoms with Gasteiger partial charge in [0.1, 0.15) is 25.0 Å². The lowest BCUT2D eigenvalue weighted by molar-refractivity contribution is -0.727. The van der Waals surface area contributed by atoms with Crippen LogP contribution >= 0.6 is 15.9 Å². The van der Waals surface area contributed by atoms with Crippen LogP contribution in [0.4, 0.5) is 0 Å². The fraction of sp³-hybridized carbons (Fsp3) is 0.647. The van der Waals surface area contributed by atoms with E-state index in [0.717, 1.165) is 16.6 Å². The van der Waals surface area contributed by atoms with Gasteiger partial charge in [-0.3, -0.25) is 0 Å². The molecule has 3 N–H and O–H groups in total. The van der Waals surface area contributed by atoms with E-state index in [4.69, 9.17) is 4.74 Å². The molecule has 0 fully saturated rings. The molecule has 0 radical (unpaired) electrons. The lowest BCUT2D eigenvalue weighted by atomic mass is 9.82. The van der Waals surface area contributed by atoms with Gasteiger partial charge < -0.3 is 15.2 Å². The molecule has 0 bridgehead atoms. The summed E-state index contributed by atoms with van der Waals surface area (Å²) in [4.78, 5) is 0. The fourth-order valence-electron chi connectivity index (χ4n) is 2.71. The maximum absolute atomic E-state index is 10.1. The zero-order chi connectivity index (χ0) is 16.1. The highest BCUT2D eigenvalue weighted by Gasteiger charge is 2.29. The van der Waals surface area contributed by atoms with Crippen molar-refractivity contribution in [2.24, 2.45) is 5.41 Å². The highest BCUT2D eigenvalue weighted by molar-refractivity contribution is 9.10. The predicted octanol–water partition coefficient (Wildman–Crippen LogP) is 2.97. The lowest BCUT2D eigenvalue weighted by Gasteiger charge is -2.31. The van der Waals surface area contributed by atoms with E-state index in [9.17, 15) is 5.11 Å². The molecule has 0 unspecified atom stereocenters.